The lowest BCUT2D eigenvalue weighted by atomic mass is 9.83. The lowest BCUT2D eigenvalue weighted by Crippen LogP contribution is -2.41. The van der Waals surface area contributed by atoms with Gasteiger partial charge in [-0.1, -0.05) is 47.5 Å². The van der Waals surface area contributed by atoms with Crippen LogP contribution in [0.4, 0.5) is 14.5 Å². The molecule has 0 unspecified atom stereocenters. The first-order valence-electron chi connectivity index (χ1n) is 9.76. The van der Waals surface area contributed by atoms with Gasteiger partial charge in [0.05, 0.1) is 17.3 Å². The van der Waals surface area contributed by atoms with E-state index >= 15 is 0 Å². The number of pyridine rings is 1. The van der Waals surface area contributed by atoms with Gasteiger partial charge in [-0.15, -0.1) is 0 Å². The molecule has 0 bridgehead atoms. The minimum atomic E-state index is -3.00. The Hall–Kier alpha value is -2.70. The number of carbonyl (C=O) groups excluding carboxylic acids is 1. The molecule has 2 aromatic carbocycles. The van der Waals surface area contributed by atoms with Crippen LogP contribution in [0, 0.1) is 6.92 Å². The van der Waals surface area contributed by atoms with Gasteiger partial charge in [0.15, 0.2) is 0 Å². The smallest absolute Gasteiger partial charge is 0.387 e. The van der Waals surface area contributed by atoms with Crippen molar-refractivity contribution in [2.75, 3.05) is 11.9 Å². The van der Waals surface area contributed by atoms with Crippen LogP contribution in [0.25, 0.3) is 11.1 Å². The Kier molecular flexibility index (Phi) is 7.06. The second-order valence-corrected chi connectivity index (χ2v) is 8.71. The van der Waals surface area contributed by atoms with Gasteiger partial charge in [0.25, 0.3) is 0 Å². The van der Waals surface area contributed by atoms with Crippen molar-refractivity contribution >= 4 is 34.8 Å². The molecule has 0 N–H and O–H groups in total. The Balaban J connectivity index is 2.04. The van der Waals surface area contributed by atoms with Crippen LogP contribution in [0.15, 0.2) is 54.7 Å². The summed E-state index contributed by atoms with van der Waals surface area (Å²) in [4.78, 5) is 19.2. The number of carbonyl (C=O) groups is 1. The highest BCUT2D eigenvalue weighted by atomic mass is 35.5. The fourth-order valence-electron chi connectivity index (χ4n) is 3.53. The summed E-state index contributed by atoms with van der Waals surface area (Å²) in [6.07, 6.45) is 1.54. The van der Waals surface area contributed by atoms with E-state index in [1.54, 1.807) is 39.2 Å². The molecule has 0 saturated heterocycles. The zero-order chi connectivity index (χ0) is 23.6. The standard InChI is InChI=1S/C24H22Cl2F2N2O2/c1-14-7-5-6-8-18(14)19-12-21(26)29-13-20(19)30(4)22(31)24(2,3)15-9-16(25)11-17(10-15)32-23(27)28/h5-13,23H,1-4H3. The molecule has 0 aliphatic heterocycles. The van der Waals surface area contributed by atoms with Gasteiger partial charge in [0.2, 0.25) is 5.91 Å². The van der Waals surface area contributed by atoms with Crippen molar-refractivity contribution in [2.45, 2.75) is 32.8 Å². The third-order valence-electron chi connectivity index (χ3n) is 5.30. The van der Waals surface area contributed by atoms with E-state index in [0.29, 0.717) is 16.4 Å². The molecule has 1 amide bonds. The van der Waals surface area contributed by atoms with Crippen LogP contribution in [0.3, 0.4) is 0 Å². The summed E-state index contributed by atoms with van der Waals surface area (Å²) in [5.74, 6) is -0.401. The van der Waals surface area contributed by atoms with Gasteiger partial charge in [-0.2, -0.15) is 8.78 Å². The highest BCUT2D eigenvalue weighted by Gasteiger charge is 2.35. The summed E-state index contributed by atoms with van der Waals surface area (Å²) in [6.45, 7) is 2.36. The van der Waals surface area contributed by atoms with Crippen LogP contribution in [0.1, 0.15) is 25.0 Å². The molecule has 1 heterocycles. The molecule has 0 fully saturated rings. The zero-order valence-electron chi connectivity index (χ0n) is 18.0. The topological polar surface area (TPSA) is 42.4 Å². The number of likely N-dealkylation sites (N-methyl/N-ethyl adjacent to an activating group) is 1. The molecule has 0 aliphatic carbocycles. The van der Waals surface area contributed by atoms with E-state index in [4.69, 9.17) is 23.2 Å². The molecule has 0 atom stereocenters. The van der Waals surface area contributed by atoms with Gasteiger partial charge < -0.3 is 9.64 Å². The Morgan fingerprint density at radius 2 is 1.78 bits per heavy atom. The molecule has 0 saturated carbocycles. The number of aromatic nitrogens is 1. The molecular weight excluding hydrogens is 457 g/mol. The zero-order valence-corrected chi connectivity index (χ0v) is 19.5. The molecule has 0 aliphatic rings. The van der Waals surface area contributed by atoms with Gasteiger partial charge in [0.1, 0.15) is 10.9 Å². The minimum absolute atomic E-state index is 0.111. The van der Waals surface area contributed by atoms with Crippen LogP contribution < -0.4 is 9.64 Å². The van der Waals surface area contributed by atoms with E-state index < -0.39 is 12.0 Å². The van der Waals surface area contributed by atoms with E-state index in [1.165, 1.54) is 17.0 Å². The fraction of sp³-hybridized carbons (Fsp3) is 0.250. The molecule has 3 aromatic rings. The van der Waals surface area contributed by atoms with Crippen LogP contribution in [0.5, 0.6) is 5.75 Å². The van der Waals surface area contributed by atoms with Crippen molar-refractivity contribution in [3.63, 3.8) is 0 Å². The maximum Gasteiger partial charge on any atom is 0.387 e. The molecule has 3 rings (SSSR count). The number of hydrogen-bond acceptors (Lipinski definition) is 3. The number of amides is 1. The first-order chi connectivity index (χ1) is 15.0. The molecule has 0 spiro atoms. The minimum Gasteiger partial charge on any atom is -0.435 e. The number of rotatable bonds is 6. The Morgan fingerprint density at radius 3 is 2.44 bits per heavy atom. The van der Waals surface area contributed by atoms with E-state index in [1.807, 2.05) is 31.2 Å². The van der Waals surface area contributed by atoms with Crippen molar-refractivity contribution in [2.24, 2.45) is 0 Å². The number of halogens is 4. The van der Waals surface area contributed by atoms with E-state index in [9.17, 15) is 13.6 Å². The summed E-state index contributed by atoms with van der Waals surface area (Å²) in [6, 6.07) is 13.7. The van der Waals surface area contributed by atoms with Crippen molar-refractivity contribution in [3.8, 4) is 16.9 Å². The SMILES string of the molecule is Cc1ccccc1-c1cc(Cl)ncc1N(C)C(=O)C(C)(C)c1cc(Cl)cc(OC(F)F)c1. The summed E-state index contributed by atoms with van der Waals surface area (Å²) in [5, 5.41) is 0.492. The lowest BCUT2D eigenvalue weighted by Gasteiger charge is -2.31. The third kappa shape index (κ3) is 5.03. The Bertz CT molecular complexity index is 1150. The summed E-state index contributed by atoms with van der Waals surface area (Å²) >= 11 is 12.3. The maximum absolute atomic E-state index is 13.6. The number of anilines is 1. The number of benzene rings is 2. The van der Waals surface area contributed by atoms with Gasteiger partial charge in [-0.25, -0.2) is 4.98 Å². The number of nitrogens with zero attached hydrogens (tertiary/aromatic N) is 2. The third-order valence-corrected chi connectivity index (χ3v) is 5.73. The highest BCUT2D eigenvalue weighted by molar-refractivity contribution is 6.31. The average molecular weight is 479 g/mol. The molecule has 0 radical (unpaired) electrons. The predicted molar refractivity (Wildman–Crippen MR) is 124 cm³/mol. The molecule has 4 nitrogen and oxygen atoms in total. The second-order valence-electron chi connectivity index (χ2n) is 7.88. The number of hydrogen-bond donors (Lipinski definition) is 0. The first-order valence-corrected chi connectivity index (χ1v) is 10.5. The van der Waals surface area contributed by atoms with Crippen LogP contribution >= 0.6 is 23.2 Å². The first kappa shape index (κ1) is 24.0. The summed E-state index contributed by atoms with van der Waals surface area (Å²) in [5.41, 5.74) is 2.58. The Morgan fingerprint density at radius 1 is 1.09 bits per heavy atom. The van der Waals surface area contributed by atoms with Crippen LogP contribution in [-0.2, 0) is 10.2 Å². The van der Waals surface area contributed by atoms with Crippen molar-refractivity contribution in [3.05, 3.63) is 76.0 Å². The summed E-state index contributed by atoms with van der Waals surface area (Å²) in [7, 11) is 1.64. The van der Waals surface area contributed by atoms with Gasteiger partial charge in [-0.3, -0.25) is 4.79 Å². The quantitative estimate of drug-likeness (QED) is 0.361. The fourth-order valence-corrected chi connectivity index (χ4v) is 3.91. The normalized spacial score (nSPS) is 11.5. The van der Waals surface area contributed by atoms with Crippen molar-refractivity contribution in [1.82, 2.24) is 4.98 Å². The lowest BCUT2D eigenvalue weighted by molar-refractivity contribution is -0.122. The van der Waals surface area contributed by atoms with E-state index in [0.717, 1.165) is 16.7 Å². The number of alkyl halides is 2. The summed E-state index contributed by atoms with van der Waals surface area (Å²) < 4.78 is 29.9. The molecular formula is C24H22Cl2F2N2O2. The molecule has 168 valence electrons. The molecule has 8 heteroatoms. The molecule has 1 aromatic heterocycles. The van der Waals surface area contributed by atoms with Crippen molar-refractivity contribution < 1.29 is 18.3 Å². The predicted octanol–water partition coefficient (Wildman–Crippen LogP) is 6.91. The number of aryl methyl sites for hydroxylation is 1. The van der Waals surface area contributed by atoms with Gasteiger partial charge in [0, 0.05) is 17.6 Å². The highest BCUT2D eigenvalue weighted by Crippen LogP contribution is 2.37. The van der Waals surface area contributed by atoms with Gasteiger partial charge >= 0.3 is 6.61 Å². The monoisotopic (exact) mass is 478 g/mol. The maximum atomic E-state index is 13.6. The second kappa shape index (κ2) is 9.43. The average Bonchev–Trinajstić information content (AvgIpc) is 2.72. The van der Waals surface area contributed by atoms with Gasteiger partial charge in [-0.05, 0) is 61.7 Å². The van der Waals surface area contributed by atoms with E-state index in [2.05, 4.69) is 9.72 Å². The largest absolute Gasteiger partial charge is 0.435 e. The van der Waals surface area contributed by atoms with Crippen LogP contribution in [0.2, 0.25) is 10.2 Å². The van der Waals surface area contributed by atoms with E-state index in [-0.39, 0.29) is 16.7 Å². The van der Waals surface area contributed by atoms with Crippen LogP contribution in [-0.4, -0.2) is 24.6 Å². The Labute approximate surface area is 195 Å². The number of ether oxygens (including phenoxy) is 1. The van der Waals surface area contributed by atoms with Crippen molar-refractivity contribution in [1.29, 1.82) is 0 Å². The molecule has 32 heavy (non-hydrogen) atoms.